The Morgan fingerprint density at radius 1 is 1.38 bits per heavy atom. The van der Waals surface area contributed by atoms with Crippen molar-refractivity contribution in [3.63, 3.8) is 0 Å². The first-order valence-corrected chi connectivity index (χ1v) is 7.16. The molecule has 0 aliphatic carbocycles. The summed E-state index contributed by atoms with van der Waals surface area (Å²) in [7, 11) is 1.75. The van der Waals surface area contributed by atoms with Crippen LogP contribution in [0.4, 0.5) is 0 Å². The molecule has 7 heteroatoms. The summed E-state index contributed by atoms with van der Waals surface area (Å²) in [4.78, 5) is 6.82. The van der Waals surface area contributed by atoms with Crippen LogP contribution in [0.1, 0.15) is 41.1 Å². The zero-order chi connectivity index (χ0) is 15.0. The Morgan fingerprint density at radius 2 is 2.19 bits per heavy atom. The van der Waals surface area contributed by atoms with Gasteiger partial charge < -0.3 is 9.26 Å². The van der Waals surface area contributed by atoms with Gasteiger partial charge in [-0.2, -0.15) is 5.10 Å². The van der Waals surface area contributed by atoms with Crippen molar-refractivity contribution in [2.24, 2.45) is 0 Å². The van der Waals surface area contributed by atoms with Crippen LogP contribution in [0.5, 0.6) is 0 Å². The first kappa shape index (κ1) is 14.2. The Morgan fingerprint density at radius 3 is 2.76 bits per heavy atom. The predicted octanol–water partition coefficient (Wildman–Crippen LogP) is 1.68. The average Bonchev–Trinajstić information content (AvgIpc) is 3.14. The van der Waals surface area contributed by atoms with Crippen LogP contribution >= 0.6 is 0 Å². The first-order valence-electron chi connectivity index (χ1n) is 7.16. The van der Waals surface area contributed by atoms with E-state index in [1.807, 2.05) is 20.8 Å². The Bertz CT molecular complexity index is 601. The van der Waals surface area contributed by atoms with Crippen LogP contribution in [0, 0.1) is 20.8 Å². The van der Waals surface area contributed by atoms with Crippen molar-refractivity contribution in [2.45, 2.75) is 45.9 Å². The Hall–Kier alpha value is -1.73. The molecule has 2 aromatic rings. The van der Waals surface area contributed by atoms with Gasteiger partial charge in [-0.15, -0.1) is 0 Å². The minimum atomic E-state index is 0.161. The molecule has 1 fully saturated rings. The highest BCUT2D eigenvalue weighted by Gasteiger charge is 2.36. The molecule has 0 aromatic carbocycles. The van der Waals surface area contributed by atoms with Gasteiger partial charge in [0.15, 0.2) is 5.82 Å². The lowest BCUT2D eigenvalue weighted by Gasteiger charge is -2.21. The van der Waals surface area contributed by atoms with Gasteiger partial charge in [-0.3, -0.25) is 10.00 Å². The Kier molecular flexibility index (Phi) is 3.77. The Balaban J connectivity index is 1.84. The van der Waals surface area contributed by atoms with Gasteiger partial charge in [0.2, 0.25) is 0 Å². The second-order valence-corrected chi connectivity index (χ2v) is 5.62. The molecule has 114 valence electrons. The monoisotopic (exact) mass is 291 g/mol. The smallest absolute Gasteiger partial charge is 0.167 e. The summed E-state index contributed by atoms with van der Waals surface area (Å²) in [5.41, 5.74) is 2.09. The van der Waals surface area contributed by atoms with Gasteiger partial charge in [0, 0.05) is 25.8 Å². The van der Waals surface area contributed by atoms with Crippen molar-refractivity contribution in [2.75, 3.05) is 13.7 Å². The van der Waals surface area contributed by atoms with Crippen molar-refractivity contribution in [3.05, 3.63) is 28.7 Å². The largest absolute Gasteiger partial charge is 0.380 e. The van der Waals surface area contributed by atoms with Crippen molar-refractivity contribution in [3.8, 4) is 0 Å². The number of H-pyrrole nitrogens is 1. The summed E-state index contributed by atoms with van der Waals surface area (Å²) in [5, 5.41) is 11.3. The topological polar surface area (TPSA) is 80.1 Å². The minimum Gasteiger partial charge on any atom is -0.380 e. The van der Waals surface area contributed by atoms with Gasteiger partial charge >= 0.3 is 0 Å². The molecule has 2 aromatic heterocycles. The molecule has 0 bridgehead atoms. The van der Waals surface area contributed by atoms with Gasteiger partial charge in [-0.1, -0.05) is 5.16 Å². The third-order valence-electron chi connectivity index (χ3n) is 4.15. The fourth-order valence-corrected chi connectivity index (χ4v) is 2.92. The molecule has 0 spiro atoms. The van der Waals surface area contributed by atoms with Crippen LogP contribution < -0.4 is 0 Å². The van der Waals surface area contributed by atoms with Crippen molar-refractivity contribution in [1.29, 1.82) is 0 Å². The van der Waals surface area contributed by atoms with Gasteiger partial charge in [-0.25, -0.2) is 4.98 Å². The molecule has 3 heterocycles. The second kappa shape index (κ2) is 5.57. The molecule has 0 unspecified atom stereocenters. The van der Waals surface area contributed by atoms with Gasteiger partial charge in [0.25, 0.3) is 0 Å². The maximum absolute atomic E-state index is 5.53. The van der Waals surface area contributed by atoms with E-state index in [9.17, 15) is 0 Å². The third-order valence-corrected chi connectivity index (χ3v) is 4.15. The SMILES string of the molecule is CO[C@@H]1C[C@@H](c2n[nH]c(C)n2)N(Cc2c(C)noc2C)C1. The quantitative estimate of drug-likeness (QED) is 0.923. The molecular weight excluding hydrogens is 270 g/mol. The lowest BCUT2D eigenvalue weighted by molar-refractivity contribution is 0.107. The van der Waals surface area contributed by atoms with Crippen LogP contribution in [0.2, 0.25) is 0 Å². The molecule has 7 nitrogen and oxygen atoms in total. The molecule has 2 atom stereocenters. The highest BCUT2D eigenvalue weighted by atomic mass is 16.5. The zero-order valence-corrected chi connectivity index (χ0v) is 12.9. The second-order valence-electron chi connectivity index (χ2n) is 5.62. The number of aromatic amines is 1. The summed E-state index contributed by atoms with van der Waals surface area (Å²) in [6.07, 6.45) is 1.10. The van der Waals surface area contributed by atoms with Gasteiger partial charge in [0.05, 0.1) is 17.8 Å². The van der Waals surface area contributed by atoms with Crippen molar-refractivity contribution >= 4 is 0 Å². The number of nitrogens with one attached hydrogen (secondary N) is 1. The molecule has 0 amide bonds. The summed E-state index contributed by atoms with van der Waals surface area (Å²) < 4.78 is 10.8. The van der Waals surface area contributed by atoms with Crippen molar-refractivity contribution in [1.82, 2.24) is 25.2 Å². The lowest BCUT2D eigenvalue weighted by Crippen LogP contribution is -2.25. The summed E-state index contributed by atoms with van der Waals surface area (Å²) in [6, 6.07) is 0.161. The van der Waals surface area contributed by atoms with E-state index in [1.54, 1.807) is 7.11 Å². The zero-order valence-electron chi connectivity index (χ0n) is 12.9. The summed E-state index contributed by atoms with van der Waals surface area (Å²) in [5.74, 6) is 2.54. The number of hydrogen-bond donors (Lipinski definition) is 1. The van der Waals surface area contributed by atoms with E-state index < -0.39 is 0 Å². The molecule has 3 rings (SSSR count). The number of likely N-dealkylation sites (tertiary alicyclic amines) is 1. The van der Waals surface area contributed by atoms with E-state index >= 15 is 0 Å². The molecule has 21 heavy (non-hydrogen) atoms. The molecular formula is C14H21N5O2. The molecule has 1 aliphatic rings. The van der Waals surface area contributed by atoms with Crippen LogP contribution in [-0.2, 0) is 11.3 Å². The minimum absolute atomic E-state index is 0.161. The van der Waals surface area contributed by atoms with Crippen LogP contribution in [0.15, 0.2) is 4.52 Å². The normalized spacial score (nSPS) is 23.0. The molecule has 1 aliphatic heterocycles. The number of rotatable bonds is 4. The maximum Gasteiger partial charge on any atom is 0.167 e. The van der Waals surface area contributed by atoms with Crippen molar-refractivity contribution < 1.29 is 9.26 Å². The number of ether oxygens (including phenoxy) is 1. The van der Waals surface area contributed by atoms with Gasteiger partial charge in [-0.05, 0) is 27.2 Å². The average molecular weight is 291 g/mol. The summed E-state index contributed by atoms with van der Waals surface area (Å²) in [6.45, 7) is 7.47. The lowest BCUT2D eigenvalue weighted by atomic mass is 10.1. The molecule has 1 saturated heterocycles. The standard InChI is InChI=1S/C14H21N5O2/c1-8-12(9(2)21-18-8)7-19-6-11(20-4)5-13(19)14-15-10(3)16-17-14/h11,13H,5-7H2,1-4H3,(H,15,16,17)/t11-,13+/m1/s1. The van der Waals surface area contributed by atoms with Gasteiger partial charge in [0.1, 0.15) is 11.6 Å². The number of nitrogens with zero attached hydrogens (tertiary/aromatic N) is 4. The van der Waals surface area contributed by atoms with E-state index in [4.69, 9.17) is 9.26 Å². The Labute approximate surface area is 123 Å². The van der Waals surface area contributed by atoms with E-state index in [1.165, 1.54) is 0 Å². The first-order chi connectivity index (χ1) is 10.1. The van der Waals surface area contributed by atoms with E-state index in [0.717, 1.165) is 48.2 Å². The molecule has 0 saturated carbocycles. The van der Waals surface area contributed by atoms with Crippen LogP contribution in [0.3, 0.4) is 0 Å². The van der Waals surface area contributed by atoms with Crippen LogP contribution in [-0.4, -0.2) is 45.0 Å². The van der Waals surface area contributed by atoms with Crippen LogP contribution in [0.25, 0.3) is 0 Å². The van der Waals surface area contributed by atoms with E-state index in [2.05, 4.69) is 25.2 Å². The fraction of sp³-hybridized carbons (Fsp3) is 0.643. The molecule has 1 N–H and O–H groups in total. The fourth-order valence-electron chi connectivity index (χ4n) is 2.92. The van der Waals surface area contributed by atoms with E-state index in [-0.39, 0.29) is 12.1 Å². The number of hydrogen-bond acceptors (Lipinski definition) is 6. The number of aryl methyl sites for hydroxylation is 3. The number of methoxy groups -OCH3 is 1. The highest BCUT2D eigenvalue weighted by Crippen LogP contribution is 2.33. The number of aromatic nitrogens is 4. The predicted molar refractivity (Wildman–Crippen MR) is 75.7 cm³/mol. The highest BCUT2D eigenvalue weighted by molar-refractivity contribution is 5.21. The van der Waals surface area contributed by atoms with E-state index in [0.29, 0.717) is 0 Å². The third kappa shape index (κ3) is 2.71. The maximum atomic E-state index is 5.53. The summed E-state index contributed by atoms with van der Waals surface area (Å²) >= 11 is 0. The molecule has 0 radical (unpaired) electrons.